The van der Waals surface area contributed by atoms with E-state index >= 15 is 0 Å². The van der Waals surface area contributed by atoms with Gasteiger partial charge in [0.15, 0.2) is 0 Å². The van der Waals surface area contributed by atoms with Crippen LogP contribution in [-0.4, -0.2) is 35.0 Å². The van der Waals surface area contributed by atoms with E-state index in [4.69, 9.17) is 4.74 Å². The average molecular weight is 334 g/mol. The molecule has 4 heteroatoms. The zero-order valence-electron chi connectivity index (χ0n) is 14.9. The molecule has 4 nitrogen and oxygen atoms in total. The van der Waals surface area contributed by atoms with E-state index in [1.165, 1.54) is 13.3 Å². The van der Waals surface area contributed by atoms with Gasteiger partial charge in [0.1, 0.15) is 12.2 Å². The van der Waals surface area contributed by atoms with Gasteiger partial charge in [0.2, 0.25) is 0 Å². The lowest BCUT2D eigenvalue weighted by Crippen LogP contribution is -2.00. The minimum Gasteiger partial charge on any atom is -0.466 e. The molecule has 0 bridgehead atoms. The van der Waals surface area contributed by atoms with Gasteiger partial charge in [-0.15, -0.1) is 0 Å². The fraction of sp³-hybridized carbons (Fsp3) is 0.650. The van der Waals surface area contributed by atoms with E-state index in [-0.39, 0.29) is 5.97 Å². The van der Waals surface area contributed by atoms with Crippen LogP contribution in [0.4, 0.5) is 0 Å². The monoisotopic (exact) mass is 334 g/mol. The van der Waals surface area contributed by atoms with Crippen LogP contribution in [0.25, 0.3) is 0 Å². The highest BCUT2D eigenvalue weighted by Gasteiger charge is 1.94. The summed E-state index contributed by atoms with van der Waals surface area (Å²) in [6, 6.07) is 0. The summed E-state index contributed by atoms with van der Waals surface area (Å²) in [6.07, 6.45) is 10.2. The molecule has 0 amide bonds. The van der Waals surface area contributed by atoms with Gasteiger partial charge in [0, 0.05) is 6.92 Å². The highest BCUT2D eigenvalue weighted by atomic mass is 16.5. The van der Waals surface area contributed by atoms with Crippen molar-refractivity contribution in [1.29, 1.82) is 0 Å². The Bertz CT molecular complexity index is 473. The van der Waals surface area contributed by atoms with Crippen LogP contribution in [-0.2, 0) is 9.53 Å². The summed E-state index contributed by atoms with van der Waals surface area (Å²) in [5.74, 6) is 10.0. The van der Waals surface area contributed by atoms with Crippen LogP contribution >= 0.6 is 0 Å². The summed E-state index contributed by atoms with van der Waals surface area (Å²) in [7, 11) is 0. The van der Waals surface area contributed by atoms with Gasteiger partial charge in [0.25, 0.3) is 0 Å². The molecule has 0 aliphatic carbocycles. The predicted octanol–water partition coefficient (Wildman–Crippen LogP) is 2.98. The highest BCUT2D eigenvalue weighted by Crippen LogP contribution is 2.08. The molecule has 2 N–H and O–H groups in total. The molecule has 0 unspecified atom stereocenters. The smallest absolute Gasteiger partial charge is 0.302 e. The summed E-state index contributed by atoms with van der Waals surface area (Å²) in [5, 5.41) is 18.8. The summed E-state index contributed by atoms with van der Waals surface area (Å²) < 4.78 is 4.87. The number of allylic oxidation sites excluding steroid dienone is 1. The summed E-state index contributed by atoms with van der Waals surface area (Å²) >= 11 is 0. The minimum absolute atomic E-state index is 0.209. The van der Waals surface area contributed by atoms with Crippen molar-refractivity contribution in [2.75, 3.05) is 6.61 Å². The standard InChI is InChI=1S/C20H30O4/c1-3-19(22)14-11-12-16-20(23)15-10-8-6-4-5-7-9-13-17-24-18(2)21/h10,15,19-20,22-23H,3-9,13,17H2,1-2H3/b15-10-/t19-,20+/m1/s1. The van der Waals surface area contributed by atoms with Crippen molar-refractivity contribution in [2.45, 2.75) is 77.4 Å². The molecule has 0 heterocycles. The van der Waals surface area contributed by atoms with Gasteiger partial charge in [-0.3, -0.25) is 4.79 Å². The van der Waals surface area contributed by atoms with Gasteiger partial charge in [0.05, 0.1) is 6.61 Å². The average Bonchev–Trinajstić information content (AvgIpc) is 2.56. The number of hydrogen-bond acceptors (Lipinski definition) is 4. The van der Waals surface area contributed by atoms with Gasteiger partial charge >= 0.3 is 5.97 Å². The Kier molecular flexibility index (Phi) is 14.9. The molecule has 0 aromatic heterocycles. The fourth-order valence-electron chi connectivity index (χ4n) is 1.89. The molecular formula is C20H30O4. The zero-order valence-corrected chi connectivity index (χ0v) is 14.9. The van der Waals surface area contributed by atoms with Crippen molar-refractivity contribution >= 4 is 5.97 Å². The first-order valence-electron chi connectivity index (χ1n) is 8.73. The molecule has 0 aromatic carbocycles. The third-order valence-electron chi connectivity index (χ3n) is 3.30. The SMILES string of the molecule is CC[C@@H](O)C#CC#C[C@@H](O)/C=C\CCCCCCCCOC(C)=O. The van der Waals surface area contributed by atoms with Crippen LogP contribution in [0.1, 0.15) is 65.2 Å². The Morgan fingerprint density at radius 1 is 1.04 bits per heavy atom. The number of carbonyl (C=O) groups is 1. The van der Waals surface area contributed by atoms with Gasteiger partial charge in [-0.2, -0.15) is 0 Å². The van der Waals surface area contributed by atoms with Gasteiger partial charge in [-0.05, 0) is 43.6 Å². The second kappa shape index (κ2) is 16.1. The Morgan fingerprint density at radius 3 is 2.33 bits per heavy atom. The summed E-state index contributed by atoms with van der Waals surface area (Å²) in [6.45, 7) is 3.80. The first kappa shape index (κ1) is 22.2. The molecule has 0 aliphatic rings. The Labute approximate surface area is 146 Å². The zero-order chi connectivity index (χ0) is 18.0. The third-order valence-corrected chi connectivity index (χ3v) is 3.30. The number of carbonyl (C=O) groups excluding carboxylic acids is 1. The molecule has 0 aromatic rings. The molecule has 0 saturated carbocycles. The van der Waals surface area contributed by atoms with E-state index in [1.54, 1.807) is 6.08 Å². The van der Waals surface area contributed by atoms with Crippen molar-refractivity contribution in [3.8, 4) is 23.7 Å². The number of unbranched alkanes of at least 4 members (excludes halogenated alkanes) is 6. The lowest BCUT2D eigenvalue weighted by molar-refractivity contribution is -0.141. The molecule has 134 valence electrons. The van der Waals surface area contributed by atoms with Crippen LogP contribution in [0.15, 0.2) is 12.2 Å². The van der Waals surface area contributed by atoms with Crippen LogP contribution in [0.3, 0.4) is 0 Å². The van der Waals surface area contributed by atoms with Crippen LogP contribution in [0, 0.1) is 23.7 Å². The normalized spacial score (nSPS) is 12.7. The maximum Gasteiger partial charge on any atom is 0.302 e. The van der Waals surface area contributed by atoms with Crippen molar-refractivity contribution in [1.82, 2.24) is 0 Å². The number of aliphatic hydroxyl groups is 2. The predicted molar refractivity (Wildman–Crippen MR) is 95.9 cm³/mol. The number of aliphatic hydroxyl groups excluding tert-OH is 2. The van der Waals surface area contributed by atoms with E-state index in [0.29, 0.717) is 13.0 Å². The first-order chi connectivity index (χ1) is 11.6. The lowest BCUT2D eigenvalue weighted by atomic mass is 10.1. The molecule has 0 saturated heterocycles. The van der Waals surface area contributed by atoms with Crippen molar-refractivity contribution in [3.63, 3.8) is 0 Å². The first-order valence-corrected chi connectivity index (χ1v) is 8.73. The molecule has 0 aliphatic heterocycles. The highest BCUT2D eigenvalue weighted by molar-refractivity contribution is 5.65. The molecule has 2 atom stereocenters. The minimum atomic E-state index is -0.806. The molecular weight excluding hydrogens is 304 g/mol. The fourth-order valence-corrected chi connectivity index (χ4v) is 1.89. The van der Waals surface area contributed by atoms with E-state index < -0.39 is 12.2 Å². The molecule has 24 heavy (non-hydrogen) atoms. The topological polar surface area (TPSA) is 66.8 Å². The van der Waals surface area contributed by atoms with E-state index in [1.807, 2.05) is 13.0 Å². The number of ether oxygens (including phenoxy) is 1. The van der Waals surface area contributed by atoms with Crippen molar-refractivity contribution in [3.05, 3.63) is 12.2 Å². The van der Waals surface area contributed by atoms with Gasteiger partial charge in [-0.1, -0.05) is 50.5 Å². The quantitative estimate of drug-likeness (QED) is 0.264. The van der Waals surface area contributed by atoms with E-state index in [2.05, 4.69) is 23.7 Å². The van der Waals surface area contributed by atoms with E-state index in [9.17, 15) is 15.0 Å². The third kappa shape index (κ3) is 16.6. The Hall–Kier alpha value is -1.75. The number of rotatable bonds is 11. The van der Waals surface area contributed by atoms with Gasteiger partial charge in [-0.25, -0.2) is 0 Å². The number of hydrogen-bond donors (Lipinski definition) is 2. The second-order valence-corrected chi connectivity index (χ2v) is 5.59. The maximum atomic E-state index is 10.6. The van der Waals surface area contributed by atoms with Crippen LogP contribution in [0.2, 0.25) is 0 Å². The van der Waals surface area contributed by atoms with Crippen LogP contribution in [0.5, 0.6) is 0 Å². The molecule has 0 spiro atoms. The summed E-state index contributed by atoms with van der Waals surface area (Å²) in [5.41, 5.74) is 0. The maximum absolute atomic E-state index is 10.6. The molecule has 0 rings (SSSR count). The molecule has 0 radical (unpaired) electrons. The largest absolute Gasteiger partial charge is 0.466 e. The van der Waals surface area contributed by atoms with Crippen LogP contribution < -0.4 is 0 Å². The lowest BCUT2D eigenvalue weighted by Gasteiger charge is -2.02. The Balaban J connectivity index is 3.56. The Morgan fingerprint density at radius 2 is 1.67 bits per heavy atom. The van der Waals surface area contributed by atoms with E-state index in [0.717, 1.165) is 38.5 Å². The summed E-state index contributed by atoms with van der Waals surface area (Å²) in [4.78, 5) is 10.6. The van der Waals surface area contributed by atoms with Gasteiger partial charge < -0.3 is 14.9 Å². The van der Waals surface area contributed by atoms with Crippen molar-refractivity contribution < 1.29 is 19.7 Å². The van der Waals surface area contributed by atoms with Crippen molar-refractivity contribution in [2.24, 2.45) is 0 Å². The second-order valence-electron chi connectivity index (χ2n) is 5.59. The number of esters is 1. The molecule has 0 fully saturated rings.